The second kappa shape index (κ2) is 8.47. The molecule has 142 valence electrons. The fourth-order valence-electron chi connectivity index (χ4n) is 2.08. The number of nitrogens with two attached hydrogens (primary N) is 1. The standard InChI is InChI=1S/C16H18F3N3O3S/c1-22(15(24)13-9-26-14(6-20)21-13)7-11(23)8-25-12-4-2-10(3-5-12)16(17,18)19/h2-5,9,11,23H,6-8,20H2,1H3. The number of ether oxygens (including phenoxy) is 1. The number of thiazole rings is 1. The van der Waals surface area contributed by atoms with E-state index in [-0.39, 0.29) is 37.0 Å². The topological polar surface area (TPSA) is 88.7 Å². The molecule has 26 heavy (non-hydrogen) atoms. The number of hydrogen-bond acceptors (Lipinski definition) is 6. The molecular formula is C16H18F3N3O3S. The first-order chi connectivity index (χ1) is 12.2. The molecule has 1 heterocycles. The van der Waals surface area contributed by atoms with E-state index in [9.17, 15) is 23.1 Å². The molecule has 6 nitrogen and oxygen atoms in total. The van der Waals surface area contributed by atoms with Crippen LogP contribution < -0.4 is 10.5 Å². The molecule has 1 atom stereocenters. The smallest absolute Gasteiger partial charge is 0.416 e. The van der Waals surface area contributed by atoms with Gasteiger partial charge in [-0.15, -0.1) is 11.3 Å². The molecule has 0 aliphatic carbocycles. The molecule has 2 aromatic rings. The third-order valence-corrected chi connectivity index (χ3v) is 4.27. The summed E-state index contributed by atoms with van der Waals surface area (Å²) >= 11 is 1.27. The number of halogens is 3. The van der Waals surface area contributed by atoms with Crippen LogP contribution in [0.2, 0.25) is 0 Å². The molecule has 0 aliphatic rings. The molecule has 10 heteroatoms. The van der Waals surface area contributed by atoms with Gasteiger partial charge in [0.15, 0.2) is 0 Å². The van der Waals surface area contributed by atoms with E-state index < -0.39 is 17.8 Å². The highest BCUT2D eigenvalue weighted by atomic mass is 32.1. The highest BCUT2D eigenvalue weighted by Gasteiger charge is 2.30. The Balaban J connectivity index is 1.84. The summed E-state index contributed by atoms with van der Waals surface area (Å²) in [7, 11) is 1.51. The van der Waals surface area contributed by atoms with E-state index in [1.165, 1.54) is 35.4 Å². The average molecular weight is 389 g/mol. The van der Waals surface area contributed by atoms with Gasteiger partial charge in [-0.1, -0.05) is 0 Å². The molecule has 1 amide bonds. The summed E-state index contributed by atoms with van der Waals surface area (Å²) in [6.07, 6.45) is -5.43. The van der Waals surface area contributed by atoms with Crippen molar-refractivity contribution < 1.29 is 27.8 Å². The Kier molecular flexibility index (Phi) is 6.57. The minimum absolute atomic E-state index is 0.0189. The molecule has 0 spiro atoms. The molecule has 1 aromatic carbocycles. The number of aliphatic hydroxyl groups is 1. The quantitative estimate of drug-likeness (QED) is 0.757. The zero-order valence-electron chi connectivity index (χ0n) is 13.9. The van der Waals surface area contributed by atoms with Crippen molar-refractivity contribution in [2.24, 2.45) is 5.73 Å². The molecule has 0 saturated heterocycles. The van der Waals surface area contributed by atoms with Crippen molar-refractivity contribution in [3.8, 4) is 5.75 Å². The Hall–Kier alpha value is -2.17. The number of alkyl halides is 3. The van der Waals surface area contributed by atoms with E-state index in [1.807, 2.05) is 0 Å². The minimum Gasteiger partial charge on any atom is -0.491 e. The van der Waals surface area contributed by atoms with E-state index in [0.717, 1.165) is 12.1 Å². The summed E-state index contributed by atoms with van der Waals surface area (Å²) in [5, 5.41) is 12.2. The number of likely N-dealkylation sites (N-methyl/N-ethyl adjacent to an activating group) is 1. The lowest BCUT2D eigenvalue weighted by Gasteiger charge is -2.20. The van der Waals surface area contributed by atoms with Crippen molar-refractivity contribution in [2.75, 3.05) is 20.2 Å². The van der Waals surface area contributed by atoms with Crippen molar-refractivity contribution in [2.45, 2.75) is 18.8 Å². The fraction of sp³-hybridized carbons (Fsp3) is 0.375. The number of rotatable bonds is 7. The van der Waals surface area contributed by atoms with Crippen LogP contribution in [0.4, 0.5) is 13.2 Å². The molecule has 0 aliphatic heterocycles. The van der Waals surface area contributed by atoms with Crippen molar-refractivity contribution in [3.63, 3.8) is 0 Å². The predicted molar refractivity (Wildman–Crippen MR) is 89.9 cm³/mol. The lowest BCUT2D eigenvalue weighted by Crippen LogP contribution is -2.37. The Morgan fingerprint density at radius 1 is 1.38 bits per heavy atom. The number of benzene rings is 1. The molecule has 3 N–H and O–H groups in total. The summed E-state index contributed by atoms with van der Waals surface area (Å²) in [6.45, 7) is 0.0499. The molecule has 0 bridgehead atoms. The average Bonchev–Trinajstić information content (AvgIpc) is 3.08. The van der Waals surface area contributed by atoms with Crippen molar-refractivity contribution >= 4 is 17.2 Å². The third kappa shape index (κ3) is 5.41. The number of carbonyl (C=O) groups is 1. The van der Waals surface area contributed by atoms with Crippen LogP contribution in [0.5, 0.6) is 5.75 Å². The van der Waals surface area contributed by atoms with Crippen molar-refractivity contribution in [3.05, 3.63) is 45.9 Å². The second-order valence-electron chi connectivity index (χ2n) is 5.50. The number of nitrogens with zero attached hydrogens (tertiary/aromatic N) is 2. The van der Waals surface area contributed by atoms with E-state index in [4.69, 9.17) is 10.5 Å². The van der Waals surface area contributed by atoms with Gasteiger partial charge in [0.25, 0.3) is 5.91 Å². The maximum absolute atomic E-state index is 12.5. The van der Waals surface area contributed by atoms with Crippen LogP contribution in [0.25, 0.3) is 0 Å². The van der Waals surface area contributed by atoms with Crippen LogP contribution in [0.1, 0.15) is 21.1 Å². The summed E-state index contributed by atoms with van der Waals surface area (Å²) in [5.74, 6) is -0.173. The molecule has 1 unspecified atom stereocenters. The number of carbonyl (C=O) groups excluding carboxylic acids is 1. The van der Waals surface area contributed by atoms with Crippen LogP contribution in [0, 0.1) is 0 Å². The normalized spacial score (nSPS) is 12.7. The molecule has 0 saturated carbocycles. The first kappa shape index (κ1) is 20.1. The van der Waals surface area contributed by atoms with E-state index in [1.54, 1.807) is 5.38 Å². The third-order valence-electron chi connectivity index (χ3n) is 3.40. The largest absolute Gasteiger partial charge is 0.491 e. The van der Waals surface area contributed by atoms with Crippen LogP contribution in [-0.2, 0) is 12.7 Å². The van der Waals surface area contributed by atoms with Crippen LogP contribution in [0.3, 0.4) is 0 Å². The van der Waals surface area contributed by atoms with Gasteiger partial charge in [0, 0.05) is 25.5 Å². The highest BCUT2D eigenvalue weighted by molar-refractivity contribution is 7.09. The number of amides is 1. The van der Waals surface area contributed by atoms with Crippen LogP contribution in [-0.4, -0.2) is 47.2 Å². The minimum atomic E-state index is -4.42. The summed E-state index contributed by atoms with van der Waals surface area (Å²) < 4.78 is 42.7. The summed E-state index contributed by atoms with van der Waals surface area (Å²) in [6, 6.07) is 4.14. The van der Waals surface area contributed by atoms with Gasteiger partial charge in [-0.3, -0.25) is 4.79 Å². The molecule has 1 aromatic heterocycles. The maximum atomic E-state index is 12.5. The predicted octanol–water partition coefficient (Wildman–Crippen LogP) is 2.13. The molecule has 2 rings (SSSR count). The zero-order chi connectivity index (χ0) is 19.3. The van der Waals surface area contributed by atoms with Crippen LogP contribution >= 0.6 is 11.3 Å². The van der Waals surface area contributed by atoms with Gasteiger partial charge in [-0.2, -0.15) is 13.2 Å². The fourth-order valence-corrected chi connectivity index (χ4v) is 2.73. The molecule has 0 radical (unpaired) electrons. The van der Waals surface area contributed by atoms with Crippen LogP contribution in [0.15, 0.2) is 29.6 Å². The molecule has 0 fully saturated rings. The SMILES string of the molecule is CN(CC(O)COc1ccc(C(F)(F)F)cc1)C(=O)c1csc(CN)n1. The van der Waals surface area contributed by atoms with Gasteiger partial charge in [0.1, 0.15) is 29.2 Å². The monoisotopic (exact) mass is 389 g/mol. The van der Waals surface area contributed by atoms with E-state index in [2.05, 4.69) is 4.98 Å². The molecular weight excluding hydrogens is 371 g/mol. The van der Waals surface area contributed by atoms with Crippen molar-refractivity contribution in [1.82, 2.24) is 9.88 Å². The number of hydrogen-bond donors (Lipinski definition) is 2. The van der Waals surface area contributed by atoms with Gasteiger partial charge in [-0.25, -0.2) is 4.98 Å². The van der Waals surface area contributed by atoms with Gasteiger partial charge in [0.2, 0.25) is 0 Å². The maximum Gasteiger partial charge on any atom is 0.416 e. The van der Waals surface area contributed by atoms with Gasteiger partial charge < -0.3 is 20.5 Å². The highest BCUT2D eigenvalue weighted by Crippen LogP contribution is 2.30. The van der Waals surface area contributed by atoms with Gasteiger partial charge in [-0.05, 0) is 24.3 Å². The van der Waals surface area contributed by atoms with Gasteiger partial charge in [0.05, 0.1) is 5.56 Å². The first-order valence-corrected chi connectivity index (χ1v) is 8.46. The Morgan fingerprint density at radius 2 is 2.04 bits per heavy atom. The summed E-state index contributed by atoms with van der Waals surface area (Å²) in [5.41, 5.74) is 4.91. The van der Waals surface area contributed by atoms with Gasteiger partial charge >= 0.3 is 6.18 Å². The Labute approximate surface area is 152 Å². The lowest BCUT2D eigenvalue weighted by atomic mass is 10.2. The zero-order valence-corrected chi connectivity index (χ0v) is 14.7. The summed E-state index contributed by atoms with van der Waals surface area (Å²) in [4.78, 5) is 17.5. The van der Waals surface area contributed by atoms with E-state index in [0.29, 0.717) is 5.01 Å². The van der Waals surface area contributed by atoms with E-state index >= 15 is 0 Å². The second-order valence-corrected chi connectivity index (χ2v) is 6.45. The number of aliphatic hydroxyl groups excluding tert-OH is 1. The van der Waals surface area contributed by atoms with Crippen molar-refractivity contribution in [1.29, 1.82) is 0 Å². The lowest BCUT2D eigenvalue weighted by molar-refractivity contribution is -0.137. The first-order valence-electron chi connectivity index (χ1n) is 7.58. The number of aromatic nitrogens is 1. The Morgan fingerprint density at radius 3 is 2.58 bits per heavy atom. The Bertz CT molecular complexity index is 734.